The van der Waals surface area contributed by atoms with Gasteiger partial charge < -0.3 is 10.2 Å². The van der Waals surface area contributed by atoms with Gasteiger partial charge in [-0.15, -0.1) is 0 Å². The molecular weight excluding hydrogens is 124 g/mol. The summed E-state index contributed by atoms with van der Waals surface area (Å²) in [4.78, 5) is 2.22. The number of hydrogen-bond donors (Lipinski definition) is 1. The lowest BCUT2D eigenvalue weighted by molar-refractivity contribution is 0.189. The zero-order valence-electron chi connectivity index (χ0n) is 6.64. The van der Waals surface area contributed by atoms with Crippen LogP contribution in [-0.2, 0) is 0 Å². The van der Waals surface area contributed by atoms with Crippen molar-refractivity contribution >= 4 is 0 Å². The van der Waals surface area contributed by atoms with Crippen LogP contribution in [-0.4, -0.2) is 30.6 Å². The molecule has 10 heavy (non-hydrogen) atoms. The Labute approximate surface area is 62.9 Å². The minimum atomic E-state index is 0.720. The summed E-state index contributed by atoms with van der Waals surface area (Å²) >= 11 is 0. The van der Waals surface area contributed by atoms with E-state index in [1.165, 1.54) is 6.42 Å². The van der Waals surface area contributed by atoms with Crippen LogP contribution in [0, 0.1) is 0 Å². The highest BCUT2D eigenvalue weighted by atomic mass is 15.2. The van der Waals surface area contributed by atoms with Crippen molar-refractivity contribution in [3.05, 3.63) is 12.8 Å². The highest BCUT2D eigenvalue weighted by Gasteiger charge is 2.21. The molecule has 0 atom stereocenters. The Hall–Kier alpha value is -0.500. The fourth-order valence-corrected chi connectivity index (χ4v) is 1.14. The summed E-state index contributed by atoms with van der Waals surface area (Å²) in [5, 5.41) is 3.44. The molecule has 0 aliphatic carbocycles. The number of nitrogens with one attached hydrogen (secondary N) is 1. The molecule has 2 heteroatoms. The first kappa shape index (κ1) is 7.61. The minimum Gasteiger partial charge on any atom is -0.375 e. The topological polar surface area (TPSA) is 15.3 Å². The van der Waals surface area contributed by atoms with E-state index in [1.807, 2.05) is 6.20 Å². The number of hydrogen-bond acceptors (Lipinski definition) is 2. The Bertz CT molecular complexity index is 106. The average Bonchev–Trinajstić information content (AvgIpc) is 1.86. The molecule has 0 spiro atoms. The number of likely N-dealkylation sites (tertiary alicyclic amines) is 1. The van der Waals surface area contributed by atoms with E-state index in [0.717, 1.165) is 25.7 Å². The van der Waals surface area contributed by atoms with Crippen LogP contribution < -0.4 is 5.32 Å². The second-order valence-electron chi connectivity index (χ2n) is 2.79. The smallest absolute Gasteiger partial charge is 0.0420 e. The molecule has 1 fully saturated rings. The molecule has 1 aliphatic rings. The SMILES string of the molecule is C=CN1CC(NCCC)C1. The third kappa shape index (κ3) is 1.74. The van der Waals surface area contributed by atoms with E-state index in [0.29, 0.717) is 0 Å². The van der Waals surface area contributed by atoms with Crippen molar-refractivity contribution in [1.82, 2.24) is 10.2 Å². The Morgan fingerprint density at radius 1 is 1.70 bits per heavy atom. The van der Waals surface area contributed by atoms with E-state index in [1.54, 1.807) is 0 Å². The van der Waals surface area contributed by atoms with Gasteiger partial charge in [0.1, 0.15) is 0 Å². The van der Waals surface area contributed by atoms with Gasteiger partial charge in [0.15, 0.2) is 0 Å². The maximum atomic E-state index is 3.70. The van der Waals surface area contributed by atoms with Crippen molar-refractivity contribution in [3.63, 3.8) is 0 Å². The molecule has 0 saturated carbocycles. The van der Waals surface area contributed by atoms with Crippen LogP contribution >= 0.6 is 0 Å². The van der Waals surface area contributed by atoms with Gasteiger partial charge in [0.2, 0.25) is 0 Å². The van der Waals surface area contributed by atoms with Crippen LogP contribution in [0.15, 0.2) is 12.8 Å². The fraction of sp³-hybridized carbons (Fsp3) is 0.750. The van der Waals surface area contributed by atoms with Crippen LogP contribution in [0.3, 0.4) is 0 Å². The zero-order valence-corrected chi connectivity index (χ0v) is 6.64. The summed E-state index contributed by atoms with van der Waals surface area (Å²) < 4.78 is 0. The van der Waals surface area contributed by atoms with E-state index in [2.05, 4.69) is 23.7 Å². The van der Waals surface area contributed by atoms with E-state index in [-0.39, 0.29) is 0 Å². The molecule has 1 saturated heterocycles. The predicted octanol–water partition coefficient (Wildman–Crippen LogP) is 0.814. The van der Waals surface area contributed by atoms with E-state index in [9.17, 15) is 0 Å². The largest absolute Gasteiger partial charge is 0.375 e. The molecule has 0 unspecified atom stereocenters. The Morgan fingerprint density at radius 3 is 2.90 bits per heavy atom. The van der Waals surface area contributed by atoms with Gasteiger partial charge in [0.05, 0.1) is 0 Å². The molecule has 1 N–H and O–H groups in total. The molecule has 1 aliphatic heterocycles. The van der Waals surface area contributed by atoms with Crippen molar-refractivity contribution < 1.29 is 0 Å². The van der Waals surface area contributed by atoms with Crippen molar-refractivity contribution in [2.45, 2.75) is 19.4 Å². The van der Waals surface area contributed by atoms with Crippen molar-refractivity contribution in [1.29, 1.82) is 0 Å². The number of rotatable bonds is 4. The van der Waals surface area contributed by atoms with Gasteiger partial charge in [-0.1, -0.05) is 13.5 Å². The number of nitrogens with zero attached hydrogens (tertiary/aromatic N) is 1. The normalized spacial score (nSPS) is 18.7. The third-order valence-corrected chi connectivity index (χ3v) is 1.85. The fourth-order valence-electron chi connectivity index (χ4n) is 1.14. The van der Waals surface area contributed by atoms with Gasteiger partial charge in [-0.3, -0.25) is 0 Å². The minimum absolute atomic E-state index is 0.720. The van der Waals surface area contributed by atoms with Gasteiger partial charge in [-0.2, -0.15) is 0 Å². The standard InChI is InChI=1S/C8H16N2/c1-3-5-9-8-6-10(4-2)7-8/h4,8-9H,2-3,5-7H2,1H3. The van der Waals surface area contributed by atoms with Crippen LogP contribution in [0.2, 0.25) is 0 Å². The lowest BCUT2D eigenvalue weighted by Gasteiger charge is -2.38. The van der Waals surface area contributed by atoms with E-state index in [4.69, 9.17) is 0 Å². The first-order chi connectivity index (χ1) is 4.86. The molecule has 0 aromatic heterocycles. The highest BCUT2D eigenvalue weighted by molar-refractivity contribution is 4.90. The van der Waals surface area contributed by atoms with Crippen molar-refractivity contribution in [3.8, 4) is 0 Å². The Morgan fingerprint density at radius 2 is 2.40 bits per heavy atom. The summed E-state index contributed by atoms with van der Waals surface area (Å²) in [5.41, 5.74) is 0. The molecule has 2 nitrogen and oxygen atoms in total. The monoisotopic (exact) mass is 140 g/mol. The van der Waals surface area contributed by atoms with Crippen molar-refractivity contribution in [2.24, 2.45) is 0 Å². The van der Waals surface area contributed by atoms with Crippen LogP contribution in [0.4, 0.5) is 0 Å². The third-order valence-electron chi connectivity index (χ3n) is 1.85. The average molecular weight is 140 g/mol. The molecule has 0 amide bonds. The second-order valence-corrected chi connectivity index (χ2v) is 2.79. The first-order valence-corrected chi connectivity index (χ1v) is 3.96. The van der Waals surface area contributed by atoms with Gasteiger partial charge in [-0.05, 0) is 19.2 Å². The van der Waals surface area contributed by atoms with Crippen LogP contribution in [0.1, 0.15) is 13.3 Å². The van der Waals surface area contributed by atoms with Gasteiger partial charge in [0.25, 0.3) is 0 Å². The summed E-state index contributed by atoms with van der Waals surface area (Å²) in [6, 6.07) is 0.720. The maximum absolute atomic E-state index is 3.70. The summed E-state index contributed by atoms with van der Waals surface area (Å²) in [7, 11) is 0. The van der Waals surface area contributed by atoms with Crippen LogP contribution in [0.5, 0.6) is 0 Å². The lowest BCUT2D eigenvalue weighted by atomic mass is 10.1. The molecule has 0 radical (unpaired) electrons. The highest BCUT2D eigenvalue weighted by Crippen LogP contribution is 2.06. The molecule has 0 aromatic rings. The Kier molecular flexibility index (Phi) is 2.75. The zero-order chi connectivity index (χ0) is 7.40. The van der Waals surface area contributed by atoms with Gasteiger partial charge in [0, 0.05) is 19.1 Å². The van der Waals surface area contributed by atoms with Gasteiger partial charge in [-0.25, -0.2) is 0 Å². The summed E-state index contributed by atoms with van der Waals surface area (Å²) in [6.45, 7) is 9.32. The summed E-state index contributed by atoms with van der Waals surface area (Å²) in [5.74, 6) is 0. The maximum Gasteiger partial charge on any atom is 0.0420 e. The first-order valence-electron chi connectivity index (χ1n) is 3.96. The van der Waals surface area contributed by atoms with Crippen molar-refractivity contribution in [2.75, 3.05) is 19.6 Å². The molecular formula is C8H16N2. The molecule has 0 aromatic carbocycles. The molecule has 1 rings (SSSR count). The van der Waals surface area contributed by atoms with E-state index >= 15 is 0 Å². The lowest BCUT2D eigenvalue weighted by Crippen LogP contribution is -2.55. The second kappa shape index (κ2) is 3.62. The van der Waals surface area contributed by atoms with Crippen LogP contribution in [0.25, 0.3) is 0 Å². The van der Waals surface area contributed by atoms with Gasteiger partial charge >= 0.3 is 0 Å². The molecule has 0 bridgehead atoms. The molecule has 1 heterocycles. The van der Waals surface area contributed by atoms with E-state index < -0.39 is 0 Å². The Balaban J connectivity index is 1.97. The molecule has 58 valence electrons. The summed E-state index contributed by atoms with van der Waals surface area (Å²) in [6.07, 6.45) is 3.13. The predicted molar refractivity (Wildman–Crippen MR) is 43.9 cm³/mol. The quantitative estimate of drug-likeness (QED) is 0.621.